The highest BCUT2D eigenvalue weighted by molar-refractivity contribution is 5.76. The summed E-state index contributed by atoms with van der Waals surface area (Å²) in [6, 6.07) is 0. The van der Waals surface area contributed by atoms with Crippen molar-refractivity contribution in [1.29, 1.82) is 0 Å². The molecule has 0 spiro atoms. The first-order valence-corrected chi connectivity index (χ1v) is 32.4. The molecule has 6 heteroatoms. The highest BCUT2D eigenvalue weighted by atomic mass is 16.3. The number of carbonyl (C=O) groups is 2. The number of hydrogen-bond acceptors (Lipinski definition) is 4. The van der Waals surface area contributed by atoms with Gasteiger partial charge in [0, 0.05) is 45.6 Å². The highest BCUT2D eigenvalue weighted by Gasteiger charge is 2.15. The van der Waals surface area contributed by atoms with Crippen molar-refractivity contribution in [2.24, 2.45) is 0 Å². The first kappa shape index (κ1) is 68.9. The number of nitrogens with zero attached hydrogens (tertiary/aromatic N) is 3. The zero-order chi connectivity index (χ0) is 50.9. The molecule has 0 aliphatic rings. The van der Waals surface area contributed by atoms with Crippen molar-refractivity contribution in [3.63, 3.8) is 0 Å². The Bertz CT molecular complexity index is 914. The molecule has 0 bridgehead atoms. The van der Waals surface area contributed by atoms with Crippen LogP contribution in [-0.2, 0) is 9.59 Å². The van der Waals surface area contributed by atoms with Crippen molar-refractivity contribution >= 4 is 11.8 Å². The molecule has 0 saturated carbocycles. The number of aliphatic hydroxyl groups excluding tert-OH is 1. The van der Waals surface area contributed by atoms with Gasteiger partial charge in [0.25, 0.3) is 0 Å². The van der Waals surface area contributed by atoms with E-state index in [1.165, 1.54) is 302 Å². The largest absolute Gasteiger partial charge is 0.396 e. The average molecular weight is 989 g/mol. The molecule has 0 unspecified atom stereocenters. The molecule has 0 rings (SSSR count). The van der Waals surface area contributed by atoms with E-state index in [2.05, 4.69) is 42.4 Å². The van der Waals surface area contributed by atoms with Gasteiger partial charge in [-0.2, -0.15) is 0 Å². The van der Waals surface area contributed by atoms with Gasteiger partial charge in [-0.1, -0.05) is 272 Å². The molecule has 0 aliphatic carbocycles. The standard InChI is InChI=1S/C64H129N3O3/c1-5-9-13-17-21-25-38-48-58-66(59-49-39-26-22-18-14-10-6-2)63(69)53-43-33-31-36-46-56-65(55-45-35-29-30-42-52-62-68)57-47-37-32-34-44-54-64(70)67(60-50-40-27-23-19-15-11-7-3)61-51-41-28-24-20-16-12-8-4/h68H,5-62H2,1-4H3. The fourth-order valence-electron chi connectivity index (χ4n) is 10.6. The highest BCUT2D eigenvalue weighted by Crippen LogP contribution is 2.17. The van der Waals surface area contributed by atoms with E-state index in [0.717, 1.165) is 64.7 Å². The van der Waals surface area contributed by atoms with Crippen LogP contribution in [0.15, 0.2) is 0 Å². The molecule has 1 N–H and O–H groups in total. The van der Waals surface area contributed by atoms with Crippen molar-refractivity contribution in [3.05, 3.63) is 0 Å². The first-order chi connectivity index (χ1) is 34.5. The third-order valence-electron chi connectivity index (χ3n) is 15.4. The molecule has 70 heavy (non-hydrogen) atoms. The zero-order valence-electron chi connectivity index (χ0n) is 48.6. The second-order valence-corrected chi connectivity index (χ2v) is 22.4. The quantitative estimate of drug-likeness (QED) is 0.0617. The number of amides is 2. The molecule has 0 aromatic rings. The molecule has 6 nitrogen and oxygen atoms in total. The molecule has 0 atom stereocenters. The Hall–Kier alpha value is -1.14. The minimum Gasteiger partial charge on any atom is -0.396 e. The molecule has 0 aromatic carbocycles. The Labute approximate surface area is 440 Å². The SMILES string of the molecule is CCCCCCCCCCN(CCCCCCCCCC)C(=O)CCCCCCCN(CCCCCCCCO)CCCCCCCC(=O)N(CCCCCCCCCC)CCCCCCCCCC. The number of rotatable bonds is 60. The second-order valence-electron chi connectivity index (χ2n) is 22.4. The van der Waals surface area contributed by atoms with Crippen LogP contribution in [-0.4, -0.2) is 84.0 Å². The van der Waals surface area contributed by atoms with Gasteiger partial charge >= 0.3 is 0 Å². The van der Waals surface area contributed by atoms with Crippen LogP contribution in [0.1, 0.15) is 349 Å². The van der Waals surface area contributed by atoms with E-state index in [1.807, 2.05) is 0 Å². The summed E-state index contributed by atoms with van der Waals surface area (Å²) in [7, 11) is 0. The summed E-state index contributed by atoms with van der Waals surface area (Å²) >= 11 is 0. The van der Waals surface area contributed by atoms with Crippen LogP contribution < -0.4 is 0 Å². The number of hydrogen-bond donors (Lipinski definition) is 1. The van der Waals surface area contributed by atoms with Crippen LogP contribution in [0.5, 0.6) is 0 Å². The Morgan fingerprint density at radius 1 is 0.243 bits per heavy atom. The Balaban J connectivity index is 4.76. The molecule has 0 radical (unpaired) electrons. The van der Waals surface area contributed by atoms with Crippen LogP contribution >= 0.6 is 0 Å². The third-order valence-corrected chi connectivity index (χ3v) is 15.4. The fraction of sp³-hybridized carbons (Fsp3) is 0.969. The minimum absolute atomic E-state index is 0.328. The van der Waals surface area contributed by atoms with Gasteiger partial charge in [0.2, 0.25) is 11.8 Å². The summed E-state index contributed by atoms with van der Waals surface area (Å²) < 4.78 is 0. The molecule has 0 fully saturated rings. The van der Waals surface area contributed by atoms with E-state index >= 15 is 0 Å². The van der Waals surface area contributed by atoms with E-state index in [0.29, 0.717) is 18.4 Å². The van der Waals surface area contributed by atoms with Crippen LogP contribution in [0, 0.1) is 0 Å². The predicted molar refractivity (Wildman–Crippen MR) is 310 cm³/mol. The lowest BCUT2D eigenvalue weighted by Crippen LogP contribution is -2.32. The maximum atomic E-state index is 13.5. The molecular formula is C64H129N3O3. The summed E-state index contributed by atoms with van der Waals surface area (Å²) in [5.74, 6) is 0.843. The summed E-state index contributed by atoms with van der Waals surface area (Å²) in [5.41, 5.74) is 0. The number of carbonyl (C=O) groups excluding carboxylic acids is 2. The van der Waals surface area contributed by atoms with Crippen molar-refractivity contribution in [2.45, 2.75) is 349 Å². The van der Waals surface area contributed by atoms with Crippen molar-refractivity contribution in [1.82, 2.24) is 14.7 Å². The molecule has 0 aliphatic heterocycles. The molecule has 0 saturated heterocycles. The van der Waals surface area contributed by atoms with Gasteiger partial charge < -0.3 is 19.8 Å². The van der Waals surface area contributed by atoms with Crippen LogP contribution in [0.3, 0.4) is 0 Å². The summed E-state index contributed by atoms with van der Waals surface area (Å²) in [5, 5.41) is 9.17. The summed E-state index contributed by atoms with van der Waals surface area (Å²) in [4.78, 5) is 34.2. The van der Waals surface area contributed by atoms with Gasteiger partial charge in [-0.3, -0.25) is 9.59 Å². The fourth-order valence-corrected chi connectivity index (χ4v) is 10.6. The van der Waals surface area contributed by atoms with Gasteiger partial charge in [-0.25, -0.2) is 0 Å². The Morgan fingerprint density at radius 3 is 0.657 bits per heavy atom. The number of unbranched alkanes of at least 4 members (excludes halogenated alkanes) is 41. The molecule has 0 heterocycles. The maximum absolute atomic E-state index is 13.5. The average Bonchev–Trinajstić information content (AvgIpc) is 3.36. The maximum Gasteiger partial charge on any atom is 0.222 e. The molecule has 418 valence electrons. The zero-order valence-corrected chi connectivity index (χ0v) is 48.6. The van der Waals surface area contributed by atoms with Crippen LogP contribution in [0.2, 0.25) is 0 Å². The van der Waals surface area contributed by atoms with Crippen molar-refractivity contribution in [3.8, 4) is 0 Å². The first-order valence-electron chi connectivity index (χ1n) is 32.4. The van der Waals surface area contributed by atoms with E-state index in [4.69, 9.17) is 5.11 Å². The van der Waals surface area contributed by atoms with Crippen LogP contribution in [0.4, 0.5) is 0 Å². The minimum atomic E-state index is 0.328. The topological polar surface area (TPSA) is 64.1 Å². The predicted octanol–water partition coefficient (Wildman–Crippen LogP) is 19.5. The van der Waals surface area contributed by atoms with Gasteiger partial charge in [0.05, 0.1) is 0 Å². The van der Waals surface area contributed by atoms with Crippen molar-refractivity contribution < 1.29 is 14.7 Å². The number of aliphatic hydroxyl groups is 1. The normalized spacial score (nSPS) is 11.6. The lowest BCUT2D eigenvalue weighted by molar-refractivity contribution is -0.132. The van der Waals surface area contributed by atoms with E-state index in [1.54, 1.807) is 0 Å². The molecule has 2 amide bonds. The van der Waals surface area contributed by atoms with E-state index < -0.39 is 0 Å². The second kappa shape index (κ2) is 58.7. The monoisotopic (exact) mass is 988 g/mol. The van der Waals surface area contributed by atoms with E-state index in [-0.39, 0.29) is 0 Å². The van der Waals surface area contributed by atoms with Gasteiger partial charge in [-0.05, 0) is 83.8 Å². The van der Waals surface area contributed by atoms with Gasteiger partial charge in [0.15, 0.2) is 0 Å². The van der Waals surface area contributed by atoms with Crippen molar-refractivity contribution in [2.75, 3.05) is 52.4 Å². The lowest BCUT2D eigenvalue weighted by atomic mass is 10.1. The Morgan fingerprint density at radius 2 is 0.429 bits per heavy atom. The smallest absolute Gasteiger partial charge is 0.222 e. The van der Waals surface area contributed by atoms with Gasteiger partial charge in [-0.15, -0.1) is 0 Å². The molecule has 0 aromatic heterocycles. The lowest BCUT2D eigenvalue weighted by Gasteiger charge is -2.23. The third kappa shape index (κ3) is 50.4. The summed E-state index contributed by atoms with van der Waals surface area (Å²) in [6.45, 7) is 17.0. The van der Waals surface area contributed by atoms with Gasteiger partial charge in [0.1, 0.15) is 0 Å². The van der Waals surface area contributed by atoms with E-state index in [9.17, 15) is 9.59 Å². The summed E-state index contributed by atoms with van der Waals surface area (Å²) in [6.07, 6.45) is 63.1. The van der Waals surface area contributed by atoms with Crippen LogP contribution in [0.25, 0.3) is 0 Å². The molecular weight excluding hydrogens is 859 g/mol. The Kier molecular flexibility index (Phi) is 57.8.